The maximum absolute atomic E-state index is 13.0. The molecule has 0 spiro atoms. The molecule has 9 heteroatoms. The van der Waals surface area contributed by atoms with Gasteiger partial charge in [-0.2, -0.15) is 10.2 Å². The van der Waals surface area contributed by atoms with E-state index >= 15 is 0 Å². The summed E-state index contributed by atoms with van der Waals surface area (Å²) in [5, 5.41) is 19.6. The summed E-state index contributed by atoms with van der Waals surface area (Å²) in [4.78, 5) is 10.3. The van der Waals surface area contributed by atoms with Gasteiger partial charge in [-0.15, -0.1) is 0 Å². The molecule has 3 rings (SSSR count). The molecule has 0 saturated carbocycles. The third kappa shape index (κ3) is 4.48. The van der Waals surface area contributed by atoms with E-state index in [1.54, 1.807) is 35.9 Å². The third-order valence-corrected chi connectivity index (χ3v) is 4.20. The lowest BCUT2D eigenvalue weighted by Gasteiger charge is -2.03. The fourth-order valence-corrected chi connectivity index (χ4v) is 2.72. The Bertz CT molecular complexity index is 1000. The van der Waals surface area contributed by atoms with Crippen molar-refractivity contribution in [2.75, 3.05) is 5.43 Å². The summed E-state index contributed by atoms with van der Waals surface area (Å²) in [6, 6.07) is 12.1. The molecular formula is C18H15ClFN5O2. The minimum Gasteiger partial charge on any atom is -0.278 e. The summed E-state index contributed by atoms with van der Waals surface area (Å²) in [6.07, 6.45) is 1.50. The molecule has 0 bridgehead atoms. The van der Waals surface area contributed by atoms with E-state index in [4.69, 9.17) is 11.6 Å². The van der Waals surface area contributed by atoms with Crippen molar-refractivity contribution in [2.24, 2.45) is 5.10 Å². The first-order chi connectivity index (χ1) is 12.9. The number of hydrogen-bond donors (Lipinski definition) is 1. The van der Waals surface area contributed by atoms with Gasteiger partial charge < -0.3 is 0 Å². The van der Waals surface area contributed by atoms with E-state index in [-0.39, 0.29) is 11.5 Å². The molecule has 1 aromatic heterocycles. The molecule has 3 aromatic rings. The number of hydrazone groups is 1. The number of hydrogen-bond acceptors (Lipinski definition) is 5. The lowest BCUT2D eigenvalue weighted by atomic mass is 10.2. The van der Waals surface area contributed by atoms with Crippen molar-refractivity contribution in [1.29, 1.82) is 0 Å². The highest BCUT2D eigenvalue weighted by atomic mass is 35.5. The molecule has 0 fully saturated rings. The molecule has 7 nitrogen and oxygen atoms in total. The van der Waals surface area contributed by atoms with E-state index in [2.05, 4.69) is 15.6 Å². The minimum atomic E-state index is -0.477. The van der Waals surface area contributed by atoms with Gasteiger partial charge in [-0.3, -0.25) is 15.5 Å². The highest BCUT2D eigenvalue weighted by Crippen LogP contribution is 2.20. The van der Waals surface area contributed by atoms with Gasteiger partial charge in [0.25, 0.3) is 5.69 Å². The van der Waals surface area contributed by atoms with Crippen LogP contribution in [0.4, 0.5) is 15.8 Å². The van der Waals surface area contributed by atoms with Crippen LogP contribution in [0.25, 0.3) is 0 Å². The number of aryl methyl sites for hydroxylation is 1. The van der Waals surface area contributed by atoms with Crippen molar-refractivity contribution in [3.63, 3.8) is 0 Å². The van der Waals surface area contributed by atoms with Crippen LogP contribution in [-0.4, -0.2) is 20.9 Å². The number of halogens is 2. The summed E-state index contributed by atoms with van der Waals surface area (Å²) in [5.41, 5.74) is 5.34. The number of rotatable bonds is 6. The van der Waals surface area contributed by atoms with Crippen LogP contribution in [-0.2, 0) is 6.54 Å². The number of benzene rings is 2. The lowest BCUT2D eigenvalue weighted by molar-refractivity contribution is -0.384. The van der Waals surface area contributed by atoms with Crippen molar-refractivity contribution in [3.05, 3.63) is 86.4 Å². The summed E-state index contributed by atoms with van der Waals surface area (Å²) < 4.78 is 14.6. The number of nitrogens with zero attached hydrogens (tertiary/aromatic N) is 4. The van der Waals surface area contributed by atoms with E-state index in [9.17, 15) is 14.5 Å². The molecule has 0 unspecified atom stereocenters. The van der Waals surface area contributed by atoms with Gasteiger partial charge in [0, 0.05) is 12.1 Å². The van der Waals surface area contributed by atoms with Gasteiger partial charge in [0.1, 0.15) is 11.0 Å². The molecule has 0 aliphatic heterocycles. The number of nitro benzene ring substituents is 1. The highest BCUT2D eigenvalue weighted by molar-refractivity contribution is 6.32. The average Bonchev–Trinajstić information content (AvgIpc) is 2.91. The van der Waals surface area contributed by atoms with E-state index in [1.165, 1.54) is 30.5 Å². The number of non-ortho nitro benzene ring substituents is 1. The van der Waals surface area contributed by atoms with Gasteiger partial charge >= 0.3 is 0 Å². The predicted octanol–water partition coefficient (Wildman–Crippen LogP) is 4.39. The van der Waals surface area contributed by atoms with Crippen LogP contribution in [0.1, 0.15) is 16.8 Å². The van der Waals surface area contributed by atoms with Crippen LogP contribution >= 0.6 is 11.6 Å². The van der Waals surface area contributed by atoms with Gasteiger partial charge in [0.2, 0.25) is 0 Å². The standard InChI is InChI=1S/C18H15ClFN5O2/c1-12-17(10-21-22-15-3-2-4-16(9-15)25(26)27)18(19)24(23-12)11-13-5-7-14(20)8-6-13/h2-10,22H,11H2,1H3/b21-10-. The molecule has 2 aromatic carbocycles. The van der Waals surface area contributed by atoms with Crippen LogP contribution in [0.5, 0.6) is 0 Å². The van der Waals surface area contributed by atoms with Crippen molar-refractivity contribution >= 4 is 29.2 Å². The summed E-state index contributed by atoms with van der Waals surface area (Å²) in [7, 11) is 0. The van der Waals surface area contributed by atoms with Crippen LogP contribution in [0.3, 0.4) is 0 Å². The first-order valence-electron chi connectivity index (χ1n) is 7.95. The second kappa shape index (κ2) is 7.96. The average molecular weight is 388 g/mol. The van der Waals surface area contributed by atoms with Gasteiger partial charge in [0.05, 0.1) is 34.6 Å². The monoisotopic (exact) mass is 387 g/mol. The Balaban J connectivity index is 1.74. The Morgan fingerprint density at radius 1 is 1.33 bits per heavy atom. The van der Waals surface area contributed by atoms with Crippen LogP contribution in [0.15, 0.2) is 53.6 Å². The second-order valence-electron chi connectivity index (χ2n) is 5.75. The van der Waals surface area contributed by atoms with Crippen molar-refractivity contribution in [2.45, 2.75) is 13.5 Å². The Morgan fingerprint density at radius 3 is 2.78 bits per heavy atom. The van der Waals surface area contributed by atoms with Crippen LogP contribution in [0, 0.1) is 22.9 Å². The van der Waals surface area contributed by atoms with Gasteiger partial charge in [-0.1, -0.05) is 29.8 Å². The molecule has 0 radical (unpaired) electrons. The number of nitro groups is 1. The zero-order chi connectivity index (χ0) is 19.4. The molecule has 1 heterocycles. The predicted molar refractivity (Wildman–Crippen MR) is 102 cm³/mol. The second-order valence-corrected chi connectivity index (χ2v) is 6.11. The molecule has 1 N–H and O–H groups in total. The Hall–Kier alpha value is -3.26. The smallest absolute Gasteiger partial charge is 0.271 e. The molecule has 27 heavy (non-hydrogen) atoms. The van der Waals surface area contributed by atoms with E-state index in [1.807, 2.05) is 0 Å². The fourth-order valence-electron chi connectivity index (χ4n) is 2.44. The first-order valence-corrected chi connectivity index (χ1v) is 8.32. The SMILES string of the molecule is Cc1nn(Cc2ccc(F)cc2)c(Cl)c1/C=N\Nc1cccc([N+](=O)[O-])c1. The highest BCUT2D eigenvalue weighted by Gasteiger charge is 2.12. The fraction of sp³-hybridized carbons (Fsp3) is 0.111. The molecule has 0 aliphatic rings. The number of anilines is 1. The normalized spacial score (nSPS) is 11.1. The maximum atomic E-state index is 13.0. The quantitative estimate of drug-likeness (QED) is 0.386. The van der Waals surface area contributed by atoms with Gasteiger partial charge in [0.15, 0.2) is 0 Å². The zero-order valence-corrected chi connectivity index (χ0v) is 15.0. The number of nitrogens with one attached hydrogen (secondary N) is 1. The molecule has 0 amide bonds. The van der Waals surface area contributed by atoms with E-state index in [0.717, 1.165) is 5.56 Å². The minimum absolute atomic E-state index is 0.0310. The molecule has 138 valence electrons. The van der Waals surface area contributed by atoms with Gasteiger partial charge in [-0.05, 0) is 30.7 Å². The lowest BCUT2D eigenvalue weighted by Crippen LogP contribution is -2.02. The van der Waals surface area contributed by atoms with E-state index < -0.39 is 4.92 Å². The number of aromatic nitrogens is 2. The molecular weight excluding hydrogens is 373 g/mol. The first kappa shape index (κ1) is 18.5. The molecule has 0 atom stereocenters. The van der Waals surface area contributed by atoms with Crippen LogP contribution in [0.2, 0.25) is 5.15 Å². The van der Waals surface area contributed by atoms with Crippen LogP contribution < -0.4 is 5.43 Å². The Morgan fingerprint density at radius 2 is 2.07 bits per heavy atom. The molecule has 0 saturated heterocycles. The Kier molecular flexibility index (Phi) is 5.46. The largest absolute Gasteiger partial charge is 0.278 e. The summed E-state index contributed by atoms with van der Waals surface area (Å²) >= 11 is 6.38. The van der Waals surface area contributed by atoms with Crippen molar-refractivity contribution in [3.8, 4) is 0 Å². The third-order valence-electron chi connectivity index (χ3n) is 3.80. The van der Waals surface area contributed by atoms with Gasteiger partial charge in [-0.25, -0.2) is 9.07 Å². The topological polar surface area (TPSA) is 85.3 Å². The van der Waals surface area contributed by atoms with E-state index in [0.29, 0.717) is 28.6 Å². The van der Waals surface area contributed by atoms with Crippen molar-refractivity contribution in [1.82, 2.24) is 9.78 Å². The van der Waals surface area contributed by atoms with Crippen molar-refractivity contribution < 1.29 is 9.31 Å². The molecule has 0 aliphatic carbocycles. The summed E-state index contributed by atoms with van der Waals surface area (Å²) in [5.74, 6) is -0.304. The maximum Gasteiger partial charge on any atom is 0.271 e. The zero-order valence-electron chi connectivity index (χ0n) is 14.3. The Labute approximate surface area is 159 Å². The summed E-state index contributed by atoms with van der Waals surface area (Å²) in [6.45, 7) is 2.19.